The van der Waals surface area contributed by atoms with Crippen LogP contribution in [0.3, 0.4) is 0 Å². The molecule has 1 atom stereocenters. The first-order chi connectivity index (χ1) is 4.57. The van der Waals surface area contributed by atoms with Crippen LogP contribution < -0.4 is 0 Å². The van der Waals surface area contributed by atoms with Gasteiger partial charge in [0, 0.05) is 0 Å². The summed E-state index contributed by atoms with van der Waals surface area (Å²) in [6.45, 7) is 6.01. The van der Waals surface area contributed by atoms with Crippen LogP contribution in [-0.4, -0.2) is 11.1 Å². The Bertz CT molecular complexity index is 108. The fraction of sp³-hybridized carbons (Fsp3) is 0.875. The molecule has 1 N–H and O–H groups in total. The number of hydrogen-bond donors (Lipinski definition) is 1. The van der Waals surface area contributed by atoms with Crippen molar-refractivity contribution in [2.45, 2.75) is 33.6 Å². The van der Waals surface area contributed by atoms with Crippen LogP contribution in [0.25, 0.3) is 0 Å². The molecule has 0 fully saturated rings. The molecule has 2 heteroatoms. The van der Waals surface area contributed by atoms with E-state index in [-0.39, 0.29) is 5.92 Å². The zero-order valence-corrected chi connectivity index (χ0v) is 6.92. The second-order valence-electron chi connectivity index (χ2n) is 3.07. The average Bonchev–Trinajstić information content (AvgIpc) is 1.81. The van der Waals surface area contributed by atoms with Crippen LogP contribution in [0.2, 0.25) is 0 Å². The highest BCUT2D eigenvalue weighted by atomic mass is 16.4. The Labute approximate surface area is 62.2 Å². The highest BCUT2D eigenvalue weighted by Crippen LogP contribution is 2.14. The smallest absolute Gasteiger partial charge is 0.306 e. The fourth-order valence-electron chi connectivity index (χ4n) is 1.01. The molecule has 0 aromatic heterocycles. The maximum atomic E-state index is 10.5. The molecule has 0 aromatic carbocycles. The second kappa shape index (κ2) is 4.31. The highest BCUT2D eigenvalue weighted by molar-refractivity contribution is 5.69. The van der Waals surface area contributed by atoms with E-state index in [0.29, 0.717) is 5.92 Å². The molecule has 0 amide bonds. The SMILES string of the molecule is CC[C@H](CC(C)C)C(=O)O. The molecule has 10 heavy (non-hydrogen) atoms. The van der Waals surface area contributed by atoms with Gasteiger partial charge < -0.3 is 5.11 Å². The maximum absolute atomic E-state index is 10.5. The Balaban J connectivity index is 3.72. The van der Waals surface area contributed by atoms with Gasteiger partial charge in [-0.1, -0.05) is 20.8 Å². The summed E-state index contributed by atoms with van der Waals surface area (Å²) in [4.78, 5) is 10.5. The third kappa shape index (κ3) is 3.49. The van der Waals surface area contributed by atoms with Crippen LogP contribution in [0.15, 0.2) is 0 Å². The van der Waals surface area contributed by atoms with E-state index in [2.05, 4.69) is 0 Å². The van der Waals surface area contributed by atoms with E-state index in [1.165, 1.54) is 0 Å². The first-order valence-electron chi connectivity index (χ1n) is 3.80. The first-order valence-corrected chi connectivity index (χ1v) is 3.80. The summed E-state index contributed by atoms with van der Waals surface area (Å²) in [6.07, 6.45) is 1.54. The number of carboxylic acid groups (broad SMARTS) is 1. The number of rotatable bonds is 4. The Morgan fingerprint density at radius 3 is 2.10 bits per heavy atom. The van der Waals surface area contributed by atoms with E-state index in [1.54, 1.807) is 0 Å². The normalized spacial score (nSPS) is 13.6. The van der Waals surface area contributed by atoms with Crippen molar-refractivity contribution in [3.05, 3.63) is 0 Å². The van der Waals surface area contributed by atoms with E-state index >= 15 is 0 Å². The quantitative estimate of drug-likeness (QED) is 0.656. The molecule has 0 bridgehead atoms. The van der Waals surface area contributed by atoms with E-state index < -0.39 is 5.97 Å². The van der Waals surface area contributed by atoms with Crippen molar-refractivity contribution in [2.75, 3.05) is 0 Å². The third-order valence-electron chi connectivity index (χ3n) is 1.60. The van der Waals surface area contributed by atoms with Crippen LogP contribution in [0.4, 0.5) is 0 Å². The van der Waals surface area contributed by atoms with Crippen molar-refractivity contribution in [1.29, 1.82) is 0 Å². The Kier molecular flexibility index (Phi) is 4.08. The lowest BCUT2D eigenvalue weighted by atomic mass is 9.95. The van der Waals surface area contributed by atoms with Gasteiger partial charge in [-0.15, -0.1) is 0 Å². The van der Waals surface area contributed by atoms with E-state index in [9.17, 15) is 4.79 Å². The third-order valence-corrected chi connectivity index (χ3v) is 1.60. The van der Waals surface area contributed by atoms with Gasteiger partial charge in [0.15, 0.2) is 0 Å². The predicted molar refractivity (Wildman–Crippen MR) is 40.9 cm³/mol. The van der Waals surface area contributed by atoms with Crippen LogP contribution in [0, 0.1) is 11.8 Å². The van der Waals surface area contributed by atoms with Crippen molar-refractivity contribution in [3.63, 3.8) is 0 Å². The second-order valence-corrected chi connectivity index (χ2v) is 3.07. The molecule has 0 radical (unpaired) electrons. The summed E-state index contributed by atoms with van der Waals surface area (Å²) in [5.41, 5.74) is 0. The maximum Gasteiger partial charge on any atom is 0.306 e. The number of hydrogen-bond acceptors (Lipinski definition) is 1. The van der Waals surface area contributed by atoms with Crippen LogP contribution >= 0.6 is 0 Å². The molecule has 0 aliphatic rings. The molecule has 0 unspecified atom stereocenters. The van der Waals surface area contributed by atoms with E-state index in [4.69, 9.17) is 5.11 Å². The minimum Gasteiger partial charge on any atom is -0.481 e. The summed E-state index contributed by atoms with van der Waals surface area (Å²) in [5.74, 6) is -0.308. The molecule has 60 valence electrons. The van der Waals surface area contributed by atoms with Crippen LogP contribution in [0.5, 0.6) is 0 Å². The van der Waals surface area contributed by atoms with Gasteiger partial charge in [0.2, 0.25) is 0 Å². The molecule has 0 saturated carbocycles. The largest absolute Gasteiger partial charge is 0.481 e. The molecular weight excluding hydrogens is 128 g/mol. The molecule has 0 aliphatic carbocycles. The number of carbonyl (C=O) groups is 1. The Morgan fingerprint density at radius 2 is 2.00 bits per heavy atom. The summed E-state index contributed by atoms with van der Waals surface area (Å²) in [5, 5.41) is 8.62. The van der Waals surface area contributed by atoms with Gasteiger partial charge >= 0.3 is 5.97 Å². The molecule has 0 rings (SSSR count). The van der Waals surface area contributed by atoms with Gasteiger partial charge in [-0.3, -0.25) is 4.79 Å². The Morgan fingerprint density at radius 1 is 1.50 bits per heavy atom. The van der Waals surface area contributed by atoms with Crippen molar-refractivity contribution >= 4 is 5.97 Å². The van der Waals surface area contributed by atoms with Gasteiger partial charge in [-0.25, -0.2) is 0 Å². The van der Waals surface area contributed by atoms with Gasteiger partial charge in [-0.2, -0.15) is 0 Å². The van der Waals surface area contributed by atoms with Gasteiger partial charge in [-0.05, 0) is 18.8 Å². The minimum atomic E-state index is -0.656. The topological polar surface area (TPSA) is 37.3 Å². The fourth-order valence-corrected chi connectivity index (χ4v) is 1.01. The lowest BCUT2D eigenvalue weighted by molar-refractivity contribution is -0.142. The molecular formula is C8H16O2. The van der Waals surface area contributed by atoms with Crippen molar-refractivity contribution < 1.29 is 9.90 Å². The van der Waals surface area contributed by atoms with Gasteiger partial charge in [0.1, 0.15) is 0 Å². The summed E-state index contributed by atoms with van der Waals surface area (Å²) in [7, 11) is 0. The van der Waals surface area contributed by atoms with E-state index in [1.807, 2.05) is 20.8 Å². The van der Waals surface area contributed by atoms with E-state index in [0.717, 1.165) is 12.8 Å². The summed E-state index contributed by atoms with van der Waals surface area (Å²) >= 11 is 0. The molecule has 0 saturated heterocycles. The summed E-state index contributed by atoms with van der Waals surface area (Å²) < 4.78 is 0. The van der Waals surface area contributed by atoms with Crippen LogP contribution in [-0.2, 0) is 4.79 Å². The predicted octanol–water partition coefficient (Wildman–Crippen LogP) is 2.14. The summed E-state index contributed by atoms with van der Waals surface area (Å²) in [6, 6.07) is 0. The first kappa shape index (κ1) is 9.47. The van der Waals surface area contributed by atoms with Crippen molar-refractivity contribution in [2.24, 2.45) is 11.8 Å². The molecule has 0 spiro atoms. The van der Waals surface area contributed by atoms with Crippen molar-refractivity contribution in [3.8, 4) is 0 Å². The molecule has 0 aromatic rings. The monoisotopic (exact) mass is 144 g/mol. The van der Waals surface area contributed by atoms with Gasteiger partial charge in [0.25, 0.3) is 0 Å². The minimum absolute atomic E-state index is 0.139. The Hall–Kier alpha value is -0.530. The van der Waals surface area contributed by atoms with Crippen LogP contribution in [0.1, 0.15) is 33.6 Å². The number of aliphatic carboxylic acids is 1. The standard InChI is InChI=1S/C8H16O2/c1-4-7(8(9)10)5-6(2)3/h6-7H,4-5H2,1-3H3,(H,9,10)/t7-/m1/s1. The molecule has 0 heterocycles. The zero-order chi connectivity index (χ0) is 8.15. The molecule has 0 aliphatic heterocycles. The lowest BCUT2D eigenvalue weighted by Crippen LogP contribution is -2.14. The lowest BCUT2D eigenvalue weighted by Gasteiger charge is -2.11. The zero-order valence-electron chi connectivity index (χ0n) is 6.92. The highest BCUT2D eigenvalue weighted by Gasteiger charge is 2.15. The van der Waals surface area contributed by atoms with Gasteiger partial charge in [0.05, 0.1) is 5.92 Å². The average molecular weight is 144 g/mol. The number of carboxylic acids is 1. The molecule has 2 nitrogen and oxygen atoms in total. The van der Waals surface area contributed by atoms with Crippen molar-refractivity contribution in [1.82, 2.24) is 0 Å².